The summed E-state index contributed by atoms with van der Waals surface area (Å²) in [5.74, 6) is 0.323. The Bertz CT molecular complexity index is 673. The van der Waals surface area contributed by atoms with Crippen molar-refractivity contribution in [3.63, 3.8) is 0 Å². The third-order valence-corrected chi connectivity index (χ3v) is 2.55. The first-order valence-corrected chi connectivity index (χ1v) is 5.10. The fourth-order valence-electron chi connectivity index (χ4n) is 1.72. The van der Waals surface area contributed by atoms with Gasteiger partial charge in [-0.1, -0.05) is 6.07 Å². The lowest BCUT2D eigenvalue weighted by Crippen LogP contribution is -1.99. The molecule has 0 unspecified atom stereocenters. The third-order valence-electron chi connectivity index (χ3n) is 2.55. The molecular weight excluding hydrogens is 219 g/mol. The zero-order valence-corrected chi connectivity index (χ0v) is 8.84. The first-order chi connectivity index (χ1) is 8.25. The van der Waals surface area contributed by atoms with E-state index in [1.165, 1.54) is 12.3 Å². The van der Waals surface area contributed by atoms with Crippen LogP contribution in [0.1, 0.15) is 0 Å². The minimum Gasteiger partial charge on any atom is -0.397 e. The molecule has 0 aliphatic heterocycles. The average Bonchev–Trinajstić information content (AvgIpc) is 2.75. The predicted molar refractivity (Wildman–Crippen MR) is 63.2 cm³/mol. The number of benzene rings is 1. The maximum atomic E-state index is 13.5. The number of nitrogens with zero attached hydrogens (tertiary/aromatic N) is 3. The minimum absolute atomic E-state index is 0.288. The van der Waals surface area contributed by atoms with Crippen LogP contribution in [0.5, 0.6) is 0 Å². The SMILES string of the molecule is Nc1ccc(-n2ncc3c(F)cccc32)nc1. The van der Waals surface area contributed by atoms with Gasteiger partial charge in [-0.25, -0.2) is 14.1 Å². The van der Waals surface area contributed by atoms with Gasteiger partial charge in [0.2, 0.25) is 0 Å². The number of pyridine rings is 1. The Morgan fingerprint density at radius 2 is 2.00 bits per heavy atom. The lowest BCUT2D eigenvalue weighted by molar-refractivity contribution is 0.640. The second-order valence-electron chi connectivity index (χ2n) is 3.68. The van der Waals surface area contributed by atoms with E-state index in [1.54, 1.807) is 35.1 Å². The Kier molecular flexibility index (Phi) is 2.04. The van der Waals surface area contributed by atoms with Gasteiger partial charge < -0.3 is 5.73 Å². The molecule has 0 atom stereocenters. The van der Waals surface area contributed by atoms with Crippen LogP contribution in [0.4, 0.5) is 10.1 Å². The summed E-state index contributed by atoms with van der Waals surface area (Å²) in [7, 11) is 0. The van der Waals surface area contributed by atoms with E-state index in [-0.39, 0.29) is 5.82 Å². The smallest absolute Gasteiger partial charge is 0.154 e. The third kappa shape index (κ3) is 1.52. The molecule has 2 N–H and O–H groups in total. The molecule has 2 aromatic heterocycles. The molecule has 0 fully saturated rings. The Morgan fingerprint density at radius 3 is 2.76 bits per heavy atom. The summed E-state index contributed by atoms with van der Waals surface area (Å²) in [6.45, 7) is 0. The molecule has 2 heterocycles. The molecule has 0 aliphatic rings. The number of fused-ring (bicyclic) bond motifs is 1. The molecule has 0 saturated carbocycles. The highest BCUT2D eigenvalue weighted by Gasteiger charge is 2.08. The zero-order chi connectivity index (χ0) is 11.8. The number of anilines is 1. The van der Waals surface area contributed by atoms with Crippen LogP contribution in [-0.2, 0) is 0 Å². The quantitative estimate of drug-likeness (QED) is 0.694. The van der Waals surface area contributed by atoms with Crippen molar-refractivity contribution in [2.45, 2.75) is 0 Å². The molecular formula is C12H9FN4. The Morgan fingerprint density at radius 1 is 1.12 bits per heavy atom. The number of rotatable bonds is 1. The number of hydrogen-bond donors (Lipinski definition) is 1. The van der Waals surface area contributed by atoms with Crippen molar-refractivity contribution in [3.05, 3.63) is 48.5 Å². The maximum Gasteiger partial charge on any atom is 0.154 e. The molecule has 17 heavy (non-hydrogen) atoms. The van der Waals surface area contributed by atoms with Crippen LogP contribution in [0, 0.1) is 5.82 Å². The van der Waals surface area contributed by atoms with Crippen LogP contribution >= 0.6 is 0 Å². The summed E-state index contributed by atoms with van der Waals surface area (Å²) in [5, 5.41) is 4.61. The molecule has 0 bridgehead atoms. The van der Waals surface area contributed by atoms with Crippen molar-refractivity contribution < 1.29 is 4.39 Å². The fourth-order valence-corrected chi connectivity index (χ4v) is 1.72. The van der Waals surface area contributed by atoms with Crippen LogP contribution in [0.3, 0.4) is 0 Å². The van der Waals surface area contributed by atoms with E-state index in [9.17, 15) is 4.39 Å². The number of hydrogen-bond acceptors (Lipinski definition) is 3. The molecule has 0 spiro atoms. The van der Waals surface area contributed by atoms with Gasteiger partial charge in [-0.2, -0.15) is 5.10 Å². The van der Waals surface area contributed by atoms with Crippen molar-refractivity contribution in [3.8, 4) is 5.82 Å². The van der Waals surface area contributed by atoms with Crippen LogP contribution in [-0.4, -0.2) is 14.8 Å². The normalized spacial score (nSPS) is 10.9. The molecule has 84 valence electrons. The van der Waals surface area contributed by atoms with Crippen molar-refractivity contribution in [2.75, 3.05) is 5.73 Å². The van der Waals surface area contributed by atoms with Gasteiger partial charge >= 0.3 is 0 Å². The van der Waals surface area contributed by atoms with Gasteiger partial charge in [0.25, 0.3) is 0 Å². The Labute approximate surface area is 96.5 Å². The molecule has 0 radical (unpaired) electrons. The summed E-state index contributed by atoms with van der Waals surface area (Å²) in [5.41, 5.74) is 6.83. The van der Waals surface area contributed by atoms with Crippen molar-refractivity contribution in [1.29, 1.82) is 0 Å². The van der Waals surface area contributed by atoms with E-state index in [0.29, 0.717) is 22.4 Å². The van der Waals surface area contributed by atoms with Gasteiger partial charge in [0, 0.05) is 0 Å². The lowest BCUT2D eigenvalue weighted by Gasteiger charge is -2.02. The summed E-state index contributed by atoms with van der Waals surface area (Å²) >= 11 is 0. The summed E-state index contributed by atoms with van der Waals surface area (Å²) in [6, 6.07) is 8.32. The van der Waals surface area contributed by atoms with Gasteiger partial charge in [-0.3, -0.25) is 0 Å². The first-order valence-electron chi connectivity index (χ1n) is 5.10. The second kappa shape index (κ2) is 3.55. The molecule has 1 aromatic carbocycles. The van der Waals surface area contributed by atoms with Gasteiger partial charge in [0.1, 0.15) is 5.82 Å². The minimum atomic E-state index is -0.288. The van der Waals surface area contributed by atoms with Gasteiger partial charge in [-0.05, 0) is 24.3 Å². The molecule has 3 rings (SSSR count). The number of aromatic nitrogens is 3. The van der Waals surface area contributed by atoms with E-state index in [4.69, 9.17) is 5.73 Å². The fraction of sp³-hybridized carbons (Fsp3) is 0. The van der Waals surface area contributed by atoms with Crippen molar-refractivity contribution >= 4 is 16.6 Å². The van der Waals surface area contributed by atoms with Crippen molar-refractivity contribution in [2.24, 2.45) is 0 Å². The highest BCUT2D eigenvalue weighted by atomic mass is 19.1. The number of nitrogens with two attached hydrogens (primary N) is 1. The zero-order valence-electron chi connectivity index (χ0n) is 8.84. The van der Waals surface area contributed by atoms with E-state index < -0.39 is 0 Å². The molecule has 0 aliphatic carbocycles. The van der Waals surface area contributed by atoms with Crippen LogP contribution < -0.4 is 5.73 Å². The topological polar surface area (TPSA) is 56.7 Å². The van der Waals surface area contributed by atoms with Gasteiger partial charge in [0.15, 0.2) is 5.82 Å². The van der Waals surface area contributed by atoms with E-state index in [0.717, 1.165) is 0 Å². The summed E-state index contributed by atoms with van der Waals surface area (Å²) in [6.07, 6.45) is 3.03. The standard InChI is InChI=1S/C12H9FN4/c13-10-2-1-3-11-9(10)7-16-17(11)12-5-4-8(14)6-15-12/h1-7H,14H2. The van der Waals surface area contributed by atoms with Gasteiger partial charge in [-0.15, -0.1) is 0 Å². The highest BCUT2D eigenvalue weighted by molar-refractivity contribution is 5.80. The van der Waals surface area contributed by atoms with Gasteiger partial charge in [0.05, 0.1) is 29.0 Å². The Hall–Kier alpha value is -2.43. The van der Waals surface area contributed by atoms with Crippen LogP contribution in [0.2, 0.25) is 0 Å². The van der Waals surface area contributed by atoms with E-state index in [2.05, 4.69) is 10.1 Å². The van der Waals surface area contributed by atoms with Crippen molar-refractivity contribution in [1.82, 2.24) is 14.8 Å². The van der Waals surface area contributed by atoms with Crippen LogP contribution in [0.25, 0.3) is 16.7 Å². The maximum absolute atomic E-state index is 13.5. The molecule has 5 heteroatoms. The molecule has 3 aromatic rings. The first kappa shape index (κ1) is 9.77. The monoisotopic (exact) mass is 228 g/mol. The molecule has 4 nitrogen and oxygen atoms in total. The largest absolute Gasteiger partial charge is 0.397 e. The number of nitrogen functional groups attached to an aromatic ring is 1. The summed E-state index contributed by atoms with van der Waals surface area (Å²) in [4.78, 5) is 4.15. The Balaban J connectivity index is 2.24. The molecule has 0 amide bonds. The second-order valence-corrected chi connectivity index (χ2v) is 3.68. The van der Waals surface area contributed by atoms with E-state index >= 15 is 0 Å². The predicted octanol–water partition coefficient (Wildman–Crippen LogP) is 2.14. The molecule has 0 saturated heterocycles. The lowest BCUT2D eigenvalue weighted by atomic mass is 10.2. The highest BCUT2D eigenvalue weighted by Crippen LogP contribution is 2.19. The number of halogens is 1. The average molecular weight is 228 g/mol. The van der Waals surface area contributed by atoms with Crippen LogP contribution in [0.15, 0.2) is 42.7 Å². The summed E-state index contributed by atoms with van der Waals surface area (Å²) < 4.78 is 15.1. The van der Waals surface area contributed by atoms with E-state index in [1.807, 2.05) is 0 Å².